The fourth-order valence-corrected chi connectivity index (χ4v) is 3.28. The van der Waals surface area contributed by atoms with Crippen LogP contribution in [0.15, 0.2) is 24.0 Å². The Kier molecular flexibility index (Phi) is 3.33. The first-order chi connectivity index (χ1) is 9.25. The molecule has 0 aliphatic carbocycles. The van der Waals surface area contributed by atoms with E-state index in [2.05, 4.69) is 9.97 Å². The normalized spacial score (nSPS) is 19.6. The molecule has 2 aromatic rings. The minimum Gasteiger partial charge on any atom is -0.335 e. The number of aromatic nitrogens is 3. The molecule has 3 heterocycles. The molecule has 5 nitrogen and oxygen atoms in total. The molecule has 0 radical (unpaired) electrons. The second kappa shape index (κ2) is 5.13. The van der Waals surface area contributed by atoms with Crippen molar-refractivity contribution in [3.8, 4) is 0 Å². The Hall–Kier alpha value is -1.69. The van der Waals surface area contributed by atoms with Crippen LogP contribution in [0.25, 0.3) is 0 Å². The molecule has 1 amide bonds. The van der Waals surface area contributed by atoms with E-state index in [1.165, 1.54) is 0 Å². The van der Waals surface area contributed by atoms with E-state index in [-0.39, 0.29) is 5.91 Å². The number of hydrogen-bond donors (Lipinski definition) is 0. The number of amides is 1. The number of piperidine rings is 1. The molecular formula is C13H16N4OS. The summed E-state index contributed by atoms with van der Waals surface area (Å²) in [5.41, 5.74) is 0. The van der Waals surface area contributed by atoms with Crippen LogP contribution in [-0.2, 0) is 7.05 Å². The fourth-order valence-electron chi connectivity index (χ4n) is 2.51. The van der Waals surface area contributed by atoms with E-state index in [0.29, 0.717) is 11.7 Å². The first-order valence-corrected chi connectivity index (χ1v) is 7.29. The van der Waals surface area contributed by atoms with Gasteiger partial charge in [0.05, 0.1) is 5.01 Å². The number of carbonyl (C=O) groups excluding carboxylic acids is 1. The molecule has 0 aromatic carbocycles. The van der Waals surface area contributed by atoms with Gasteiger partial charge in [-0.3, -0.25) is 4.79 Å². The molecule has 1 aliphatic heterocycles. The van der Waals surface area contributed by atoms with E-state index in [1.807, 2.05) is 23.5 Å². The van der Waals surface area contributed by atoms with Crippen LogP contribution in [0.1, 0.15) is 34.4 Å². The highest BCUT2D eigenvalue weighted by atomic mass is 32.1. The van der Waals surface area contributed by atoms with Gasteiger partial charge in [0.2, 0.25) is 0 Å². The third kappa shape index (κ3) is 2.40. The van der Waals surface area contributed by atoms with Gasteiger partial charge in [-0.05, 0) is 12.8 Å². The molecule has 6 heteroatoms. The van der Waals surface area contributed by atoms with Gasteiger partial charge in [-0.15, -0.1) is 11.3 Å². The topological polar surface area (TPSA) is 51.0 Å². The van der Waals surface area contributed by atoms with E-state index in [4.69, 9.17) is 0 Å². The Labute approximate surface area is 115 Å². The maximum absolute atomic E-state index is 12.4. The van der Waals surface area contributed by atoms with E-state index >= 15 is 0 Å². The third-order valence-corrected chi connectivity index (χ3v) is 4.46. The summed E-state index contributed by atoms with van der Waals surface area (Å²) in [6, 6.07) is 0. The Bertz CT molecular complexity index is 563. The number of hydrogen-bond acceptors (Lipinski definition) is 4. The lowest BCUT2D eigenvalue weighted by Gasteiger charge is -2.31. The zero-order valence-electron chi connectivity index (χ0n) is 10.8. The lowest BCUT2D eigenvalue weighted by atomic mass is 9.98. The minimum atomic E-state index is 0.0220. The molecule has 0 spiro atoms. The molecule has 0 unspecified atom stereocenters. The average Bonchev–Trinajstić information content (AvgIpc) is 3.09. The van der Waals surface area contributed by atoms with Gasteiger partial charge in [0, 0.05) is 50.0 Å². The second-order valence-electron chi connectivity index (χ2n) is 4.82. The summed E-state index contributed by atoms with van der Waals surface area (Å²) < 4.78 is 1.77. The van der Waals surface area contributed by atoms with Gasteiger partial charge < -0.3 is 9.47 Å². The van der Waals surface area contributed by atoms with E-state index in [0.717, 1.165) is 30.9 Å². The highest BCUT2D eigenvalue weighted by Gasteiger charge is 2.28. The van der Waals surface area contributed by atoms with Crippen LogP contribution in [-0.4, -0.2) is 38.4 Å². The zero-order chi connectivity index (χ0) is 13.2. The molecule has 1 aliphatic rings. The summed E-state index contributed by atoms with van der Waals surface area (Å²) in [6.07, 6.45) is 7.43. The van der Waals surface area contributed by atoms with Crippen LogP contribution in [0.5, 0.6) is 0 Å². The monoisotopic (exact) mass is 276 g/mol. The highest BCUT2D eigenvalue weighted by Crippen LogP contribution is 2.28. The molecule has 1 saturated heterocycles. The van der Waals surface area contributed by atoms with Crippen LogP contribution in [0, 0.1) is 0 Å². The number of imidazole rings is 1. The predicted molar refractivity (Wildman–Crippen MR) is 73.2 cm³/mol. The number of nitrogens with zero attached hydrogens (tertiary/aromatic N) is 4. The number of likely N-dealkylation sites (tertiary alicyclic amines) is 1. The van der Waals surface area contributed by atoms with Crippen molar-refractivity contribution in [3.63, 3.8) is 0 Å². The molecule has 100 valence electrons. The number of carbonyl (C=O) groups is 1. The summed E-state index contributed by atoms with van der Waals surface area (Å²) >= 11 is 1.67. The van der Waals surface area contributed by atoms with Crippen LogP contribution in [0.3, 0.4) is 0 Å². The van der Waals surface area contributed by atoms with Crippen LogP contribution >= 0.6 is 11.3 Å². The van der Waals surface area contributed by atoms with Crippen molar-refractivity contribution in [1.29, 1.82) is 0 Å². The van der Waals surface area contributed by atoms with Crippen molar-refractivity contribution in [2.45, 2.75) is 18.8 Å². The standard InChI is InChI=1S/C13H16N4OS/c1-16-7-4-14-11(16)13(18)17-6-2-3-10(9-17)12-15-5-8-19-12/h4-5,7-8,10H,2-3,6,9H2,1H3/t10-/m1/s1. The minimum absolute atomic E-state index is 0.0220. The van der Waals surface area contributed by atoms with Gasteiger partial charge in [-0.25, -0.2) is 9.97 Å². The van der Waals surface area contributed by atoms with Gasteiger partial charge >= 0.3 is 0 Å². The largest absolute Gasteiger partial charge is 0.335 e. The molecule has 0 saturated carbocycles. The summed E-state index contributed by atoms with van der Waals surface area (Å²) in [4.78, 5) is 22.8. The highest BCUT2D eigenvalue weighted by molar-refractivity contribution is 7.09. The molecular weight excluding hydrogens is 260 g/mol. The summed E-state index contributed by atoms with van der Waals surface area (Å²) in [5, 5.41) is 3.13. The first kappa shape index (κ1) is 12.3. The average molecular weight is 276 g/mol. The Balaban J connectivity index is 1.75. The Morgan fingerprint density at radius 3 is 3.00 bits per heavy atom. The lowest BCUT2D eigenvalue weighted by Crippen LogP contribution is -2.40. The van der Waals surface area contributed by atoms with E-state index < -0.39 is 0 Å². The summed E-state index contributed by atoms with van der Waals surface area (Å²) in [6.45, 7) is 1.56. The van der Waals surface area contributed by atoms with Crippen molar-refractivity contribution < 1.29 is 4.79 Å². The van der Waals surface area contributed by atoms with Crippen LogP contribution < -0.4 is 0 Å². The van der Waals surface area contributed by atoms with Crippen molar-refractivity contribution in [2.24, 2.45) is 7.05 Å². The summed E-state index contributed by atoms with van der Waals surface area (Å²) in [7, 11) is 1.85. The molecule has 0 N–H and O–H groups in total. The van der Waals surface area contributed by atoms with Gasteiger partial charge in [-0.2, -0.15) is 0 Å². The van der Waals surface area contributed by atoms with Gasteiger partial charge in [0.1, 0.15) is 0 Å². The SMILES string of the molecule is Cn1ccnc1C(=O)N1CCC[C@@H](c2nccs2)C1. The van der Waals surface area contributed by atoms with Crippen molar-refractivity contribution >= 4 is 17.2 Å². The maximum Gasteiger partial charge on any atom is 0.289 e. The molecule has 3 rings (SSSR count). The van der Waals surface area contributed by atoms with Crippen molar-refractivity contribution in [1.82, 2.24) is 19.4 Å². The van der Waals surface area contributed by atoms with Gasteiger partial charge in [0.25, 0.3) is 5.91 Å². The molecule has 2 aromatic heterocycles. The maximum atomic E-state index is 12.4. The predicted octanol–water partition coefficient (Wildman–Crippen LogP) is 1.90. The fraction of sp³-hybridized carbons (Fsp3) is 0.462. The number of aryl methyl sites for hydroxylation is 1. The van der Waals surface area contributed by atoms with Crippen molar-refractivity contribution in [3.05, 3.63) is 34.8 Å². The zero-order valence-corrected chi connectivity index (χ0v) is 11.6. The second-order valence-corrected chi connectivity index (χ2v) is 5.75. The lowest BCUT2D eigenvalue weighted by molar-refractivity contribution is 0.0691. The summed E-state index contributed by atoms with van der Waals surface area (Å²) in [5.74, 6) is 0.909. The van der Waals surface area contributed by atoms with Crippen molar-refractivity contribution in [2.75, 3.05) is 13.1 Å². The Morgan fingerprint density at radius 2 is 2.32 bits per heavy atom. The molecule has 19 heavy (non-hydrogen) atoms. The van der Waals surface area contributed by atoms with Crippen LogP contribution in [0.4, 0.5) is 0 Å². The van der Waals surface area contributed by atoms with Gasteiger partial charge in [-0.1, -0.05) is 0 Å². The van der Waals surface area contributed by atoms with E-state index in [1.54, 1.807) is 28.3 Å². The quantitative estimate of drug-likeness (QED) is 0.841. The smallest absolute Gasteiger partial charge is 0.289 e. The van der Waals surface area contributed by atoms with Gasteiger partial charge in [0.15, 0.2) is 5.82 Å². The van der Waals surface area contributed by atoms with Crippen LogP contribution in [0.2, 0.25) is 0 Å². The molecule has 0 bridgehead atoms. The number of rotatable bonds is 2. The number of thiazole rings is 1. The molecule has 1 atom stereocenters. The third-order valence-electron chi connectivity index (χ3n) is 3.52. The molecule has 1 fully saturated rings. The Morgan fingerprint density at radius 1 is 1.42 bits per heavy atom. The van der Waals surface area contributed by atoms with E-state index in [9.17, 15) is 4.79 Å². The first-order valence-electron chi connectivity index (χ1n) is 6.41.